The van der Waals surface area contributed by atoms with Crippen molar-refractivity contribution in [3.8, 4) is 5.75 Å². The highest BCUT2D eigenvalue weighted by atomic mass is 127. The number of hydrogen-bond donors (Lipinski definition) is 4. The Hall–Kier alpha value is -2.66. The third kappa shape index (κ3) is 6.44. The molecule has 1 aliphatic rings. The standard InChI is InChI=1S/C18H20IN5O8.CH4/c1-8(26)30-10-4-2-9(3-5-10)14(19)32-18(29)22-15(20)16-21-7-24(23-16)17-13(28)12(27)11(6-25)31-17;/h2-5,7,11-14,17,25,27-28H,6H2,1H3,(H2,20,22,29);1H4. The van der Waals surface area contributed by atoms with E-state index < -0.39 is 47.3 Å². The van der Waals surface area contributed by atoms with Crippen LogP contribution in [0.1, 0.15) is 36.1 Å². The van der Waals surface area contributed by atoms with E-state index in [1.165, 1.54) is 13.3 Å². The highest BCUT2D eigenvalue weighted by Crippen LogP contribution is 2.29. The van der Waals surface area contributed by atoms with E-state index in [-0.39, 0.29) is 19.1 Å². The molecule has 2 aromatic rings. The highest BCUT2D eigenvalue weighted by molar-refractivity contribution is 14.1. The van der Waals surface area contributed by atoms with Gasteiger partial charge in [0.25, 0.3) is 0 Å². The summed E-state index contributed by atoms with van der Waals surface area (Å²) in [6.45, 7) is 0.797. The van der Waals surface area contributed by atoms with Gasteiger partial charge in [-0.05, 0) is 34.7 Å². The molecule has 14 heteroatoms. The lowest BCUT2D eigenvalue weighted by Gasteiger charge is -2.13. The third-order valence-corrected chi connectivity index (χ3v) is 5.31. The topological polar surface area (TPSA) is 192 Å². The molecule has 0 radical (unpaired) electrons. The monoisotopic (exact) mass is 577 g/mol. The van der Waals surface area contributed by atoms with Crippen molar-refractivity contribution in [1.29, 1.82) is 0 Å². The summed E-state index contributed by atoms with van der Waals surface area (Å²) in [5.74, 6) is -0.562. The quantitative estimate of drug-likeness (QED) is 0.0930. The molecule has 1 aromatic heterocycles. The van der Waals surface area contributed by atoms with Crippen molar-refractivity contribution in [3.63, 3.8) is 0 Å². The maximum absolute atomic E-state index is 12.1. The first kappa shape index (κ1) is 26.6. The Bertz CT molecular complexity index is 998. The maximum atomic E-state index is 12.1. The number of esters is 1. The predicted molar refractivity (Wildman–Crippen MR) is 121 cm³/mol. The van der Waals surface area contributed by atoms with E-state index in [9.17, 15) is 19.8 Å². The number of hydrogen-bond acceptors (Lipinski definition) is 10. The SMILES string of the molecule is C.CC(=O)Oc1ccc(C(I)OC(=O)/N=C(\N)c2ncn(C3OC(CO)C(O)C3O)n2)cc1. The lowest BCUT2D eigenvalue weighted by Crippen LogP contribution is -2.33. The van der Waals surface area contributed by atoms with Gasteiger partial charge in [-0.1, -0.05) is 19.6 Å². The van der Waals surface area contributed by atoms with E-state index in [0.717, 1.165) is 4.68 Å². The minimum Gasteiger partial charge on any atom is -0.429 e. The van der Waals surface area contributed by atoms with Crippen LogP contribution in [-0.2, 0) is 14.3 Å². The van der Waals surface area contributed by atoms with Crippen molar-refractivity contribution >= 4 is 40.5 Å². The number of aliphatic hydroxyl groups is 3. The predicted octanol–water partition coefficient (Wildman–Crippen LogP) is 0.427. The molecule has 0 aliphatic carbocycles. The number of carbonyl (C=O) groups excluding carboxylic acids is 2. The Morgan fingerprint density at radius 3 is 2.55 bits per heavy atom. The molecule has 33 heavy (non-hydrogen) atoms. The summed E-state index contributed by atoms with van der Waals surface area (Å²) >= 11 is 1.88. The van der Waals surface area contributed by atoms with Gasteiger partial charge in [-0.3, -0.25) is 4.79 Å². The Morgan fingerprint density at radius 2 is 1.97 bits per heavy atom. The van der Waals surface area contributed by atoms with E-state index in [2.05, 4.69) is 15.1 Å². The van der Waals surface area contributed by atoms with Crippen LogP contribution in [0.15, 0.2) is 35.6 Å². The molecule has 13 nitrogen and oxygen atoms in total. The second kappa shape index (κ2) is 11.5. The third-order valence-electron chi connectivity index (χ3n) is 4.34. The number of nitrogens with two attached hydrogens (primary N) is 1. The second-order valence-electron chi connectivity index (χ2n) is 6.64. The van der Waals surface area contributed by atoms with E-state index in [1.54, 1.807) is 24.3 Å². The Kier molecular flexibility index (Phi) is 9.24. The van der Waals surface area contributed by atoms with Gasteiger partial charge in [-0.2, -0.15) is 4.99 Å². The van der Waals surface area contributed by atoms with Crippen molar-refractivity contribution in [1.82, 2.24) is 14.8 Å². The maximum Gasteiger partial charge on any atom is 0.437 e. The van der Waals surface area contributed by atoms with Crippen LogP contribution in [0.5, 0.6) is 5.75 Å². The molecule has 1 fully saturated rings. The van der Waals surface area contributed by atoms with Crippen LogP contribution in [-0.4, -0.2) is 72.9 Å². The summed E-state index contributed by atoms with van der Waals surface area (Å²) in [4.78, 5) is 30.6. The number of aliphatic hydroxyl groups excluding tert-OH is 3. The van der Waals surface area contributed by atoms with Crippen LogP contribution in [0.4, 0.5) is 4.79 Å². The van der Waals surface area contributed by atoms with Gasteiger partial charge in [-0.15, -0.1) is 5.10 Å². The number of halogens is 1. The lowest BCUT2D eigenvalue weighted by atomic mass is 10.1. The van der Waals surface area contributed by atoms with Crippen molar-refractivity contribution in [2.45, 2.75) is 43.0 Å². The fraction of sp³-hybridized carbons (Fsp3) is 0.421. The van der Waals surface area contributed by atoms with Gasteiger partial charge in [0.2, 0.25) is 5.82 Å². The summed E-state index contributed by atoms with van der Waals surface area (Å²) in [6.07, 6.45) is -4.55. The fourth-order valence-electron chi connectivity index (χ4n) is 2.80. The number of ether oxygens (including phenoxy) is 3. The minimum absolute atomic E-state index is 0. The number of amidine groups is 1. The first-order chi connectivity index (χ1) is 15.2. The summed E-state index contributed by atoms with van der Waals surface area (Å²) < 4.78 is 15.9. The van der Waals surface area contributed by atoms with E-state index >= 15 is 0 Å². The molecule has 1 aromatic carbocycles. The molecule has 1 amide bonds. The van der Waals surface area contributed by atoms with E-state index in [0.29, 0.717) is 11.3 Å². The van der Waals surface area contributed by atoms with Crippen LogP contribution >= 0.6 is 22.6 Å². The van der Waals surface area contributed by atoms with Gasteiger partial charge in [0.1, 0.15) is 30.4 Å². The average Bonchev–Trinajstić information content (AvgIpc) is 3.33. The van der Waals surface area contributed by atoms with E-state index in [4.69, 9.17) is 25.1 Å². The average molecular weight is 577 g/mol. The molecular weight excluding hydrogens is 553 g/mol. The van der Waals surface area contributed by atoms with Crippen molar-refractivity contribution in [3.05, 3.63) is 42.0 Å². The van der Waals surface area contributed by atoms with Gasteiger partial charge >= 0.3 is 12.1 Å². The smallest absolute Gasteiger partial charge is 0.429 e. The summed E-state index contributed by atoms with van der Waals surface area (Å²) in [5, 5.41) is 33.0. The molecular formula is C19H24IN5O8. The molecule has 0 saturated carbocycles. The Balaban J connectivity index is 0.00000385. The van der Waals surface area contributed by atoms with Crippen molar-refractivity contribution in [2.24, 2.45) is 10.7 Å². The molecule has 1 aliphatic heterocycles. The Labute approximate surface area is 202 Å². The molecule has 0 bridgehead atoms. The van der Waals surface area contributed by atoms with Crippen molar-refractivity contribution in [2.75, 3.05) is 6.61 Å². The number of aromatic nitrogens is 3. The van der Waals surface area contributed by atoms with Crippen LogP contribution in [0, 0.1) is 0 Å². The molecule has 180 valence electrons. The number of alkyl halides is 1. The summed E-state index contributed by atoms with van der Waals surface area (Å²) in [5.41, 5.74) is 6.39. The lowest BCUT2D eigenvalue weighted by molar-refractivity contribution is -0.131. The largest absolute Gasteiger partial charge is 0.437 e. The Morgan fingerprint density at radius 1 is 1.30 bits per heavy atom. The molecule has 0 spiro atoms. The van der Waals surface area contributed by atoms with Gasteiger partial charge < -0.3 is 35.3 Å². The highest BCUT2D eigenvalue weighted by Gasteiger charge is 2.44. The number of rotatable bonds is 6. The fourth-order valence-corrected chi connectivity index (χ4v) is 3.43. The van der Waals surface area contributed by atoms with Crippen LogP contribution in [0.25, 0.3) is 0 Å². The first-order valence-corrected chi connectivity index (χ1v) is 10.5. The second-order valence-corrected chi connectivity index (χ2v) is 7.77. The van der Waals surface area contributed by atoms with Crippen LogP contribution in [0.3, 0.4) is 0 Å². The van der Waals surface area contributed by atoms with Gasteiger partial charge in [-0.25, -0.2) is 14.5 Å². The van der Waals surface area contributed by atoms with E-state index in [1.807, 2.05) is 22.6 Å². The number of carbonyl (C=O) groups is 2. The molecule has 5 unspecified atom stereocenters. The normalized spacial score (nSPS) is 23.5. The molecule has 3 rings (SSSR count). The van der Waals surface area contributed by atoms with Crippen molar-refractivity contribution < 1.29 is 39.1 Å². The van der Waals surface area contributed by atoms with Crippen LogP contribution in [0.2, 0.25) is 0 Å². The number of benzene rings is 1. The number of nitrogens with zero attached hydrogens (tertiary/aromatic N) is 4. The molecule has 5 atom stereocenters. The number of amides is 1. The van der Waals surface area contributed by atoms with Gasteiger partial charge in [0.15, 0.2) is 16.2 Å². The van der Waals surface area contributed by atoms with Crippen LogP contribution < -0.4 is 10.5 Å². The zero-order valence-electron chi connectivity index (χ0n) is 16.6. The van der Waals surface area contributed by atoms with Gasteiger partial charge in [0.05, 0.1) is 6.61 Å². The zero-order chi connectivity index (χ0) is 23.4. The van der Waals surface area contributed by atoms with Gasteiger partial charge in [0, 0.05) is 12.5 Å². The zero-order valence-corrected chi connectivity index (χ0v) is 18.8. The molecule has 1 saturated heterocycles. The molecule has 2 heterocycles. The minimum atomic E-state index is -1.35. The first-order valence-electron chi connectivity index (χ1n) is 9.20. The summed E-state index contributed by atoms with van der Waals surface area (Å²) in [7, 11) is 0. The molecule has 5 N–H and O–H groups in total. The summed E-state index contributed by atoms with van der Waals surface area (Å²) in [6, 6.07) is 6.37. The number of aliphatic imine (C=N–C) groups is 1.